The third-order valence-corrected chi connectivity index (χ3v) is 3.55. The number of aromatic nitrogens is 2. The van der Waals surface area contributed by atoms with Gasteiger partial charge in [-0.3, -0.25) is 0 Å². The van der Waals surface area contributed by atoms with Crippen molar-refractivity contribution in [3.05, 3.63) is 11.8 Å². The number of hydrogen-bond donors (Lipinski definition) is 1. The molecule has 0 amide bonds. The van der Waals surface area contributed by atoms with E-state index in [-0.39, 0.29) is 0 Å². The van der Waals surface area contributed by atoms with Crippen LogP contribution in [0.15, 0.2) is 6.07 Å². The zero-order valence-electron chi connectivity index (χ0n) is 11.1. The van der Waals surface area contributed by atoms with Crippen molar-refractivity contribution in [3.8, 4) is 5.88 Å². The summed E-state index contributed by atoms with van der Waals surface area (Å²) >= 11 is 0. The first kappa shape index (κ1) is 12.4. The third kappa shape index (κ3) is 2.79. The first-order valence-electron chi connectivity index (χ1n) is 6.10. The average molecular weight is 238 g/mol. The Balaban J connectivity index is 1.85. The van der Waals surface area contributed by atoms with Gasteiger partial charge in [0.15, 0.2) is 0 Å². The van der Waals surface area contributed by atoms with E-state index in [1.165, 1.54) is 6.42 Å². The Kier molecular flexibility index (Phi) is 3.69. The maximum Gasteiger partial charge on any atom is 0.211 e. The molecular weight excluding hydrogens is 216 g/mol. The van der Waals surface area contributed by atoms with Crippen LogP contribution in [0.25, 0.3) is 0 Å². The van der Waals surface area contributed by atoms with Crippen LogP contribution in [0, 0.1) is 0 Å². The number of aryl methyl sites for hydroxylation is 1. The molecule has 1 fully saturated rings. The molecular formula is C12H22N4O. The van der Waals surface area contributed by atoms with Crippen molar-refractivity contribution in [1.29, 1.82) is 0 Å². The molecule has 1 aliphatic heterocycles. The fourth-order valence-electron chi connectivity index (χ4n) is 2.37. The fraction of sp³-hybridized carbons (Fsp3) is 0.750. The molecule has 1 aromatic rings. The SMILES string of the molecule is COc1cc(CNC2CC(C)N(C)C2)nn1C. The molecule has 5 nitrogen and oxygen atoms in total. The lowest BCUT2D eigenvalue weighted by Gasteiger charge is -2.12. The van der Waals surface area contributed by atoms with Gasteiger partial charge < -0.3 is 15.0 Å². The van der Waals surface area contributed by atoms with E-state index in [1.54, 1.807) is 11.8 Å². The Hall–Kier alpha value is -1.07. The first-order valence-corrected chi connectivity index (χ1v) is 6.10. The first-order chi connectivity index (χ1) is 8.10. The summed E-state index contributed by atoms with van der Waals surface area (Å²) in [6, 6.07) is 3.23. The molecule has 1 aliphatic rings. The van der Waals surface area contributed by atoms with Crippen molar-refractivity contribution in [2.45, 2.75) is 32.0 Å². The minimum Gasteiger partial charge on any atom is -0.481 e. The molecule has 2 atom stereocenters. The van der Waals surface area contributed by atoms with Crippen LogP contribution >= 0.6 is 0 Å². The topological polar surface area (TPSA) is 42.3 Å². The van der Waals surface area contributed by atoms with Crippen LogP contribution < -0.4 is 10.1 Å². The van der Waals surface area contributed by atoms with Gasteiger partial charge in [-0.05, 0) is 20.4 Å². The second-order valence-corrected chi connectivity index (χ2v) is 4.90. The van der Waals surface area contributed by atoms with Gasteiger partial charge in [-0.15, -0.1) is 0 Å². The molecule has 2 rings (SSSR count). The van der Waals surface area contributed by atoms with Crippen LogP contribution in [0.1, 0.15) is 19.0 Å². The minimum atomic E-state index is 0.572. The number of nitrogens with one attached hydrogen (secondary N) is 1. The monoisotopic (exact) mass is 238 g/mol. The summed E-state index contributed by atoms with van der Waals surface area (Å²) < 4.78 is 6.96. The largest absolute Gasteiger partial charge is 0.481 e. The summed E-state index contributed by atoms with van der Waals surface area (Å²) in [5.41, 5.74) is 1.03. The summed E-state index contributed by atoms with van der Waals surface area (Å²) in [4.78, 5) is 2.39. The number of rotatable bonds is 4. The van der Waals surface area contributed by atoms with Crippen LogP contribution in [0.4, 0.5) is 0 Å². The van der Waals surface area contributed by atoms with E-state index in [0.717, 1.165) is 24.7 Å². The third-order valence-electron chi connectivity index (χ3n) is 3.55. The summed E-state index contributed by atoms with van der Waals surface area (Å²) in [5, 5.41) is 7.95. The normalized spacial score (nSPS) is 25.4. The summed E-state index contributed by atoms with van der Waals surface area (Å²) in [5.74, 6) is 0.804. The molecule has 2 heterocycles. The highest BCUT2D eigenvalue weighted by atomic mass is 16.5. The van der Waals surface area contributed by atoms with E-state index < -0.39 is 0 Å². The predicted molar refractivity (Wildman–Crippen MR) is 67.1 cm³/mol. The molecule has 1 N–H and O–H groups in total. The van der Waals surface area contributed by atoms with Crippen molar-refractivity contribution < 1.29 is 4.74 Å². The van der Waals surface area contributed by atoms with Gasteiger partial charge in [0.1, 0.15) is 0 Å². The van der Waals surface area contributed by atoms with Crippen LogP contribution in [0.3, 0.4) is 0 Å². The minimum absolute atomic E-state index is 0.572. The Morgan fingerprint density at radius 1 is 1.53 bits per heavy atom. The van der Waals surface area contributed by atoms with Gasteiger partial charge in [-0.2, -0.15) is 5.10 Å². The molecule has 0 aliphatic carbocycles. The van der Waals surface area contributed by atoms with E-state index >= 15 is 0 Å². The van der Waals surface area contributed by atoms with E-state index in [2.05, 4.69) is 29.3 Å². The number of likely N-dealkylation sites (tertiary alicyclic amines) is 1. The van der Waals surface area contributed by atoms with Gasteiger partial charge in [-0.1, -0.05) is 0 Å². The van der Waals surface area contributed by atoms with Crippen LogP contribution in [-0.2, 0) is 13.6 Å². The van der Waals surface area contributed by atoms with Crippen LogP contribution in [0.5, 0.6) is 5.88 Å². The molecule has 0 radical (unpaired) electrons. The Bertz CT molecular complexity index is 367. The molecule has 2 unspecified atom stereocenters. The van der Waals surface area contributed by atoms with Gasteiger partial charge in [0.05, 0.1) is 12.8 Å². The summed E-state index contributed by atoms with van der Waals surface area (Å²) in [6.07, 6.45) is 1.21. The number of methoxy groups -OCH3 is 1. The van der Waals surface area contributed by atoms with E-state index in [4.69, 9.17) is 4.74 Å². The summed E-state index contributed by atoms with van der Waals surface area (Å²) in [6.45, 7) is 4.19. The molecule has 0 aromatic carbocycles. The highest BCUT2D eigenvalue weighted by Gasteiger charge is 2.25. The van der Waals surface area contributed by atoms with Gasteiger partial charge in [0, 0.05) is 38.3 Å². The van der Waals surface area contributed by atoms with E-state index in [1.807, 2.05) is 13.1 Å². The number of nitrogens with zero attached hydrogens (tertiary/aromatic N) is 3. The molecule has 96 valence electrons. The highest BCUT2D eigenvalue weighted by molar-refractivity contribution is 5.15. The average Bonchev–Trinajstić information content (AvgIpc) is 2.80. The Morgan fingerprint density at radius 2 is 2.29 bits per heavy atom. The van der Waals surface area contributed by atoms with E-state index in [9.17, 15) is 0 Å². The van der Waals surface area contributed by atoms with Crippen molar-refractivity contribution in [3.63, 3.8) is 0 Å². The molecule has 0 spiro atoms. The quantitative estimate of drug-likeness (QED) is 0.834. The van der Waals surface area contributed by atoms with Crippen molar-refractivity contribution in [1.82, 2.24) is 20.0 Å². The maximum absolute atomic E-state index is 5.20. The predicted octanol–water partition coefficient (Wildman–Crippen LogP) is 0.611. The second kappa shape index (κ2) is 5.06. The second-order valence-electron chi connectivity index (χ2n) is 4.90. The molecule has 5 heteroatoms. The molecule has 0 saturated carbocycles. The zero-order chi connectivity index (χ0) is 12.4. The lowest BCUT2D eigenvalue weighted by molar-refractivity contribution is 0.326. The van der Waals surface area contributed by atoms with Gasteiger partial charge in [0.2, 0.25) is 5.88 Å². The lowest BCUT2D eigenvalue weighted by Crippen LogP contribution is -2.31. The van der Waals surface area contributed by atoms with Gasteiger partial charge in [0.25, 0.3) is 0 Å². The van der Waals surface area contributed by atoms with E-state index in [0.29, 0.717) is 12.1 Å². The number of ether oxygens (including phenoxy) is 1. The molecule has 1 aromatic heterocycles. The van der Waals surface area contributed by atoms with Gasteiger partial charge >= 0.3 is 0 Å². The van der Waals surface area contributed by atoms with Crippen LogP contribution in [0.2, 0.25) is 0 Å². The Morgan fingerprint density at radius 3 is 2.82 bits per heavy atom. The summed E-state index contributed by atoms with van der Waals surface area (Å²) in [7, 11) is 5.74. The highest BCUT2D eigenvalue weighted by Crippen LogP contribution is 2.16. The number of likely N-dealkylation sites (N-methyl/N-ethyl adjacent to an activating group) is 1. The zero-order valence-corrected chi connectivity index (χ0v) is 11.1. The molecule has 1 saturated heterocycles. The standard InChI is InChI=1S/C12H22N4O/c1-9-5-11(8-15(9)2)13-7-10-6-12(17-4)16(3)14-10/h6,9,11,13H,5,7-8H2,1-4H3. The van der Waals surface area contributed by atoms with Crippen molar-refractivity contribution >= 4 is 0 Å². The van der Waals surface area contributed by atoms with Crippen molar-refractivity contribution in [2.75, 3.05) is 20.7 Å². The molecule has 0 bridgehead atoms. The smallest absolute Gasteiger partial charge is 0.211 e. The van der Waals surface area contributed by atoms with Crippen LogP contribution in [-0.4, -0.2) is 47.5 Å². The maximum atomic E-state index is 5.20. The van der Waals surface area contributed by atoms with Crippen molar-refractivity contribution in [2.24, 2.45) is 7.05 Å². The number of hydrogen-bond acceptors (Lipinski definition) is 4. The fourth-order valence-corrected chi connectivity index (χ4v) is 2.37. The Labute approximate surface area is 103 Å². The molecule has 17 heavy (non-hydrogen) atoms. The van der Waals surface area contributed by atoms with Gasteiger partial charge in [-0.25, -0.2) is 4.68 Å². The lowest BCUT2D eigenvalue weighted by atomic mass is 10.2.